The molecular weight excluding hydrogens is 198 g/mol. The Hall–Kier alpha value is -0.900. The first-order valence-corrected chi connectivity index (χ1v) is 6.38. The van der Waals surface area contributed by atoms with Gasteiger partial charge in [-0.25, -0.2) is 13.4 Å². The van der Waals surface area contributed by atoms with Crippen molar-refractivity contribution in [1.82, 2.24) is 4.98 Å². The highest BCUT2D eigenvalue weighted by molar-refractivity contribution is 7.91. The van der Waals surface area contributed by atoms with Crippen LogP contribution in [0.4, 0.5) is 0 Å². The lowest BCUT2D eigenvalue weighted by atomic mass is 10.4. The summed E-state index contributed by atoms with van der Waals surface area (Å²) in [5, 5.41) is 0.171. The van der Waals surface area contributed by atoms with Gasteiger partial charge in [-0.05, 0) is 19.1 Å². The van der Waals surface area contributed by atoms with Crippen molar-refractivity contribution in [1.29, 1.82) is 0 Å². The molecule has 80 valence electrons. The van der Waals surface area contributed by atoms with Crippen LogP contribution in [-0.4, -0.2) is 19.2 Å². The molecule has 14 heavy (non-hydrogen) atoms. The van der Waals surface area contributed by atoms with Crippen LogP contribution in [0, 0.1) is 6.92 Å². The summed E-state index contributed by atoms with van der Waals surface area (Å²) < 4.78 is 22.6. The van der Waals surface area contributed by atoms with Gasteiger partial charge in [-0.1, -0.05) is 26.8 Å². The third kappa shape index (κ3) is 3.46. The minimum absolute atomic E-state index is 0.101. The predicted molar refractivity (Wildman–Crippen MR) is 58.0 cm³/mol. The zero-order valence-electron chi connectivity index (χ0n) is 9.11. The van der Waals surface area contributed by atoms with Crippen molar-refractivity contribution in [3.05, 3.63) is 23.9 Å². The molecule has 0 amide bonds. The Bertz CT molecular complexity index is 371. The summed E-state index contributed by atoms with van der Waals surface area (Å²) in [7, 11) is -3.13. The molecule has 0 spiro atoms. The van der Waals surface area contributed by atoms with E-state index >= 15 is 0 Å². The summed E-state index contributed by atoms with van der Waals surface area (Å²) in [4.78, 5) is 3.93. The van der Waals surface area contributed by atoms with Crippen LogP contribution < -0.4 is 0 Å². The molecule has 0 atom stereocenters. The molecule has 1 aromatic heterocycles. The number of rotatable bonds is 2. The number of hydrogen-bond donors (Lipinski definition) is 0. The van der Waals surface area contributed by atoms with Crippen molar-refractivity contribution < 1.29 is 8.42 Å². The Balaban J connectivity index is 0.000000791. The Labute approximate surface area is 86.1 Å². The topological polar surface area (TPSA) is 47.0 Å². The van der Waals surface area contributed by atoms with Crippen molar-refractivity contribution in [2.24, 2.45) is 0 Å². The van der Waals surface area contributed by atoms with E-state index in [0.29, 0.717) is 0 Å². The Kier molecular flexibility index (Phi) is 5.38. The van der Waals surface area contributed by atoms with E-state index in [0.717, 1.165) is 5.69 Å². The van der Waals surface area contributed by atoms with Gasteiger partial charge in [0.05, 0.1) is 5.75 Å². The van der Waals surface area contributed by atoms with Crippen LogP contribution in [0.3, 0.4) is 0 Å². The monoisotopic (exact) mass is 215 g/mol. The normalized spacial score (nSPS) is 10.3. The van der Waals surface area contributed by atoms with Gasteiger partial charge in [0.1, 0.15) is 0 Å². The van der Waals surface area contributed by atoms with Crippen LogP contribution in [0.2, 0.25) is 0 Å². The van der Waals surface area contributed by atoms with Crippen LogP contribution in [0.5, 0.6) is 0 Å². The van der Waals surface area contributed by atoms with Gasteiger partial charge in [-0.3, -0.25) is 0 Å². The molecule has 0 aliphatic heterocycles. The molecule has 1 aromatic rings. The molecule has 0 bridgehead atoms. The first-order valence-electron chi connectivity index (χ1n) is 4.72. The third-order valence-corrected chi connectivity index (χ3v) is 3.19. The smallest absolute Gasteiger partial charge is 0.195 e. The Morgan fingerprint density at radius 1 is 1.29 bits per heavy atom. The van der Waals surface area contributed by atoms with Gasteiger partial charge in [0.2, 0.25) is 0 Å². The van der Waals surface area contributed by atoms with Crippen LogP contribution in [0.1, 0.15) is 26.5 Å². The number of sulfone groups is 1. The van der Waals surface area contributed by atoms with E-state index < -0.39 is 9.84 Å². The number of hydrogen-bond acceptors (Lipinski definition) is 3. The summed E-state index contributed by atoms with van der Waals surface area (Å²) >= 11 is 0. The zero-order chi connectivity index (χ0) is 11.2. The highest BCUT2D eigenvalue weighted by Gasteiger charge is 2.11. The molecule has 1 heterocycles. The molecule has 4 heteroatoms. The number of aryl methyl sites for hydroxylation is 1. The summed E-state index contributed by atoms with van der Waals surface area (Å²) in [5.41, 5.74) is 0.726. The fraction of sp³-hybridized carbons (Fsp3) is 0.500. The lowest BCUT2D eigenvalue weighted by molar-refractivity contribution is 0.593. The summed E-state index contributed by atoms with van der Waals surface area (Å²) in [6.07, 6.45) is 0. The fourth-order valence-electron chi connectivity index (χ4n) is 0.839. The molecule has 0 aliphatic carbocycles. The largest absolute Gasteiger partial charge is 0.242 e. The number of pyridine rings is 1. The van der Waals surface area contributed by atoms with Crippen LogP contribution in [-0.2, 0) is 9.84 Å². The number of nitrogens with zero attached hydrogens (tertiary/aromatic N) is 1. The quantitative estimate of drug-likeness (QED) is 0.760. The van der Waals surface area contributed by atoms with E-state index in [-0.39, 0.29) is 10.8 Å². The van der Waals surface area contributed by atoms with E-state index in [4.69, 9.17) is 0 Å². The molecule has 0 radical (unpaired) electrons. The van der Waals surface area contributed by atoms with E-state index in [9.17, 15) is 8.42 Å². The lowest BCUT2D eigenvalue weighted by Gasteiger charge is -1.99. The molecule has 0 saturated carbocycles. The molecule has 0 aromatic carbocycles. The zero-order valence-corrected chi connectivity index (χ0v) is 9.93. The van der Waals surface area contributed by atoms with E-state index in [1.165, 1.54) is 6.07 Å². The highest BCUT2D eigenvalue weighted by atomic mass is 32.2. The van der Waals surface area contributed by atoms with Crippen molar-refractivity contribution in [3.8, 4) is 0 Å². The van der Waals surface area contributed by atoms with Crippen LogP contribution in [0.25, 0.3) is 0 Å². The summed E-state index contributed by atoms with van der Waals surface area (Å²) in [5.74, 6) is 0.101. The molecule has 0 saturated heterocycles. The molecule has 0 unspecified atom stereocenters. The van der Waals surface area contributed by atoms with Gasteiger partial charge in [-0.2, -0.15) is 0 Å². The highest BCUT2D eigenvalue weighted by Crippen LogP contribution is 2.07. The SMILES string of the molecule is CC.CCS(=O)(=O)c1cccc(C)n1. The minimum atomic E-state index is -3.13. The second-order valence-electron chi connectivity index (χ2n) is 2.52. The summed E-state index contributed by atoms with van der Waals surface area (Å²) in [6, 6.07) is 4.99. The molecule has 0 fully saturated rings. The maximum atomic E-state index is 11.3. The van der Waals surface area contributed by atoms with Crippen molar-refractivity contribution in [3.63, 3.8) is 0 Å². The second kappa shape index (κ2) is 5.75. The average Bonchev–Trinajstić information content (AvgIpc) is 2.21. The van der Waals surface area contributed by atoms with Crippen LogP contribution in [0.15, 0.2) is 23.2 Å². The average molecular weight is 215 g/mol. The summed E-state index contributed by atoms with van der Waals surface area (Å²) in [6.45, 7) is 7.38. The Morgan fingerprint density at radius 3 is 2.29 bits per heavy atom. The standard InChI is InChI=1S/C8H11NO2S.C2H6/c1-3-12(10,11)8-6-4-5-7(2)9-8;1-2/h4-6H,3H2,1-2H3;1-2H3. The van der Waals surface area contributed by atoms with Crippen molar-refractivity contribution in [2.45, 2.75) is 32.7 Å². The van der Waals surface area contributed by atoms with Gasteiger partial charge in [0, 0.05) is 5.69 Å². The van der Waals surface area contributed by atoms with E-state index in [2.05, 4.69) is 4.98 Å². The Morgan fingerprint density at radius 2 is 1.86 bits per heavy atom. The van der Waals surface area contributed by atoms with Gasteiger partial charge in [-0.15, -0.1) is 0 Å². The molecule has 0 N–H and O–H groups in total. The van der Waals surface area contributed by atoms with Gasteiger partial charge in [0.25, 0.3) is 0 Å². The maximum Gasteiger partial charge on any atom is 0.195 e. The first kappa shape index (κ1) is 13.1. The van der Waals surface area contributed by atoms with Crippen molar-refractivity contribution >= 4 is 9.84 Å². The first-order chi connectivity index (χ1) is 6.56. The molecule has 3 nitrogen and oxygen atoms in total. The van der Waals surface area contributed by atoms with E-state index in [1.54, 1.807) is 26.0 Å². The van der Waals surface area contributed by atoms with Gasteiger partial charge < -0.3 is 0 Å². The second-order valence-corrected chi connectivity index (χ2v) is 4.75. The van der Waals surface area contributed by atoms with Crippen LogP contribution >= 0.6 is 0 Å². The maximum absolute atomic E-state index is 11.3. The van der Waals surface area contributed by atoms with Crippen molar-refractivity contribution in [2.75, 3.05) is 5.75 Å². The fourth-order valence-corrected chi connectivity index (χ4v) is 1.70. The van der Waals surface area contributed by atoms with Gasteiger partial charge in [0.15, 0.2) is 14.9 Å². The number of aromatic nitrogens is 1. The molecule has 0 aliphatic rings. The molecular formula is C10H17NO2S. The lowest BCUT2D eigenvalue weighted by Crippen LogP contribution is -2.06. The van der Waals surface area contributed by atoms with Gasteiger partial charge >= 0.3 is 0 Å². The third-order valence-electron chi connectivity index (χ3n) is 1.56. The predicted octanol–water partition coefficient (Wildman–Crippen LogP) is 2.21. The minimum Gasteiger partial charge on any atom is -0.242 e. The molecule has 1 rings (SSSR count). The van der Waals surface area contributed by atoms with E-state index in [1.807, 2.05) is 13.8 Å².